The van der Waals surface area contributed by atoms with Crippen LogP contribution in [0.5, 0.6) is 0 Å². The number of hydrogen-bond donors (Lipinski definition) is 3. The predicted molar refractivity (Wildman–Crippen MR) is 124 cm³/mol. The van der Waals surface area contributed by atoms with Gasteiger partial charge in [-0.15, -0.1) is 12.6 Å². The lowest BCUT2D eigenvalue weighted by atomic mass is 10.2. The molecule has 32 heavy (non-hydrogen) atoms. The molecule has 0 unspecified atom stereocenters. The third-order valence-electron chi connectivity index (χ3n) is 4.42. The molecule has 2 heterocycles. The first-order chi connectivity index (χ1) is 15.2. The van der Waals surface area contributed by atoms with E-state index in [0.717, 1.165) is 10.4 Å². The number of rotatable bonds is 8. The van der Waals surface area contributed by atoms with Gasteiger partial charge in [0.15, 0.2) is 0 Å². The average Bonchev–Trinajstić information content (AvgIpc) is 2.76. The Balaban J connectivity index is 1.70. The third-order valence-corrected chi connectivity index (χ3v) is 6.86. The molecule has 3 aromatic rings. The number of thiol groups is 1. The minimum atomic E-state index is -3.82. The fraction of sp³-hybridized carbons (Fsp3) is 0.200. The Bertz CT molecular complexity index is 1300. The summed E-state index contributed by atoms with van der Waals surface area (Å²) in [5.74, 6) is -0.571. The fourth-order valence-electron chi connectivity index (χ4n) is 2.81. The van der Waals surface area contributed by atoms with Gasteiger partial charge in [-0.3, -0.25) is 14.6 Å². The maximum Gasteiger partial charge on any atom is 0.287 e. The number of halogens is 1. The average molecular weight is 494 g/mol. The van der Waals surface area contributed by atoms with E-state index >= 15 is 0 Å². The van der Waals surface area contributed by atoms with Crippen LogP contribution in [0, 0.1) is 6.92 Å². The van der Waals surface area contributed by atoms with Gasteiger partial charge in [0.05, 0.1) is 11.1 Å². The van der Waals surface area contributed by atoms with E-state index in [9.17, 15) is 18.0 Å². The largest absolute Gasteiger partial charge is 0.324 e. The topological polar surface area (TPSA) is 123 Å². The third kappa shape index (κ3) is 5.94. The second-order valence-corrected chi connectivity index (χ2v) is 9.40. The molecule has 3 rings (SSSR count). The van der Waals surface area contributed by atoms with Crippen LogP contribution in [-0.4, -0.2) is 35.6 Å². The summed E-state index contributed by atoms with van der Waals surface area (Å²) in [6, 6.07) is 9.94. The minimum absolute atomic E-state index is 0.0362. The second-order valence-electron chi connectivity index (χ2n) is 6.80. The Morgan fingerprint density at radius 2 is 2.03 bits per heavy atom. The van der Waals surface area contributed by atoms with Crippen molar-refractivity contribution in [1.82, 2.24) is 19.5 Å². The lowest BCUT2D eigenvalue weighted by Crippen LogP contribution is -2.30. The molecule has 0 bridgehead atoms. The van der Waals surface area contributed by atoms with Gasteiger partial charge in [0.2, 0.25) is 15.9 Å². The number of sulfonamides is 1. The van der Waals surface area contributed by atoms with E-state index < -0.39 is 28.0 Å². The highest BCUT2D eigenvalue weighted by Gasteiger charge is 2.18. The standard InChI is InChI=1S/C20H20ClN5O4S2/c1-13-5-6-15(25-18(27)12-26-20(28)19(21)16(31)11-23-26)10-17(13)32(29,30)24-9-7-14-4-2-3-8-22-14/h2-6,8,10-11,24,31H,7,9,12H2,1H3,(H,25,27). The monoisotopic (exact) mass is 493 g/mol. The van der Waals surface area contributed by atoms with Crippen LogP contribution in [0.25, 0.3) is 0 Å². The summed E-state index contributed by atoms with van der Waals surface area (Å²) >= 11 is 9.84. The Morgan fingerprint density at radius 3 is 2.75 bits per heavy atom. The van der Waals surface area contributed by atoms with E-state index in [2.05, 4.69) is 32.8 Å². The number of aromatic nitrogens is 3. The smallest absolute Gasteiger partial charge is 0.287 e. The molecule has 1 amide bonds. The second kappa shape index (κ2) is 10.3. The predicted octanol–water partition coefficient (Wildman–Crippen LogP) is 2.05. The number of carbonyl (C=O) groups excluding carboxylic acids is 1. The first-order valence-electron chi connectivity index (χ1n) is 9.42. The van der Waals surface area contributed by atoms with Gasteiger partial charge in [-0.25, -0.2) is 17.8 Å². The molecule has 9 nitrogen and oxygen atoms in total. The molecule has 0 aliphatic rings. The van der Waals surface area contributed by atoms with Gasteiger partial charge < -0.3 is 5.32 Å². The Kier molecular flexibility index (Phi) is 7.67. The Hall–Kier alpha value is -2.73. The highest BCUT2D eigenvalue weighted by atomic mass is 35.5. The van der Waals surface area contributed by atoms with E-state index in [1.807, 2.05) is 12.1 Å². The number of amides is 1. The number of nitrogens with zero attached hydrogens (tertiary/aromatic N) is 3. The zero-order valence-electron chi connectivity index (χ0n) is 16.9. The highest BCUT2D eigenvalue weighted by molar-refractivity contribution is 7.89. The van der Waals surface area contributed by atoms with Crippen molar-refractivity contribution >= 4 is 45.8 Å². The summed E-state index contributed by atoms with van der Waals surface area (Å²) in [4.78, 5) is 28.8. The normalized spacial score (nSPS) is 11.3. The molecular weight excluding hydrogens is 474 g/mol. The van der Waals surface area contributed by atoms with Crippen molar-refractivity contribution in [2.75, 3.05) is 11.9 Å². The summed E-state index contributed by atoms with van der Waals surface area (Å²) in [5, 5.41) is 6.25. The van der Waals surface area contributed by atoms with Gasteiger partial charge in [0, 0.05) is 35.4 Å². The van der Waals surface area contributed by atoms with E-state index in [0.29, 0.717) is 12.0 Å². The van der Waals surface area contributed by atoms with Crippen molar-refractivity contribution < 1.29 is 13.2 Å². The maximum absolute atomic E-state index is 12.8. The zero-order chi connectivity index (χ0) is 23.3. The molecule has 168 valence electrons. The van der Waals surface area contributed by atoms with Gasteiger partial charge in [0.25, 0.3) is 5.56 Å². The molecule has 12 heteroatoms. The molecule has 0 aliphatic heterocycles. The van der Waals surface area contributed by atoms with Crippen LogP contribution in [0.3, 0.4) is 0 Å². The molecule has 0 radical (unpaired) electrons. The minimum Gasteiger partial charge on any atom is -0.324 e. The van der Waals surface area contributed by atoms with E-state index in [1.54, 1.807) is 31.3 Å². The van der Waals surface area contributed by atoms with Crippen LogP contribution in [0.15, 0.2) is 63.4 Å². The SMILES string of the molecule is Cc1ccc(NC(=O)Cn2ncc(S)c(Cl)c2=O)cc1S(=O)(=O)NCCc1ccccn1. The molecule has 2 aromatic heterocycles. The van der Waals surface area contributed by atoms with Crippen molar-refractivity contribution in [3.05, 3.63) is 75.4 Å². The van der Waals surface area contributed by atoms with Gasteiger partial charge in [-0.1, -0.05) is 23.7 Å². The number of nitrogens with one attached hydrogen (secondary N) is 2. The number of pyridine rings is 1. The lowest BCUT2D eigenvalue weighted by molar-refractivity contribution is -0.117. The number of hydrogen-bond acceptors (Lipinski definition) is 7. The van der Waals surface area contributed by atoms with Crippen LogP contribution in [0.2, 0.25) is 5.02 Å². The van der Waals surface area contributed by atoms with Crippen LogP contribution in [0.4, 0.5) is 5.69 Å². The van der Waals surface area contributed by atoms with Crippen LogP contribution in [0.1, 0.15) is 11.3 Å². The van der Waals surface area contributed by atoms with Gasteiger partial charge in [0.1, 0.15) is 11.6 Å². The van der Waals surface area contributed by atoms with Crippen molar-refractivity contribution in [3.63, 3.8) is 0 Å². The zero-order valence-corrected chi connectivity index (χ0v) is 19.4. The van der Waals surface area contributed by atoms with Crippen molar-refractivity contribution in [2.45, 2.75) is 29.7 Å². The van der Waals surface area contributed by atoms with Gasteiger partial charge in [-0.2, -0.15) is 5.10 Å². The molecule has 2 N–H and O–H groups in total. The molecule has 0 spiro atoms. The summed E-state index contributed by atoms with van der Waals surface area (Å²) in [7, 11) is -3.82. The molecule has 0 saturated carbocycles. The lowest BCUT2D eigenvalue weighted by Gasteiger charge is -2.12. The van der Waals surface area contributed by atoms with Crippen LogP contribution in [-0.2, 0) is 27.8 Å². The number of carbonyl (C=O) groups is 1. The van der Waals surface area contributed by atoms with Crippen molar-refractivity contribution in [1.29, 1.82) is 0 Å². The summed E-state index contributed by atoms with van der Waals surface area (Å²) in [5.41, 5.74) is 0.888. The van der Waals surface area contributed by atoms with Gasteiger partial charge in [-0.05, 0) is 36.8 Å². The van der Waals surface area contributed by atoms with Crippen molar-refractivity contribution in [2.24, 2.45) is 0 Å². The molecule has 0 saturated heterocycles. The van der Waals surface area contributed by atoms with Gasteiger partial charge >= 0.3 is 0 Å². The van der Waals surface area contributed by atoms with Crippen LogP contribution >= 0.6 is 24.2 Å². The number of anilines is 1. The number of benzene rings is 1. The van der Waals surface area contributed by atoms with Crippen molar-refractivity contribution in [3.8, 4) is 0 Å². The molecule has 1 aromatic carbocycles. The summed E-state index contributed by atoms with van der Waals surface area (Å²) < 4.78 is 29.0. The van der Waals surface area contributed by atoms with E-state index in [1.165, 1.54) is 12.3 Å². The maximum atomic E-state index is 12.8. The van der Waals surface area contributed by atoms with E-state index in [-0.39, 0.29) is 27.0 Å². The number of aryl methyl sites for hydroxylation is 1. The Labute approximate surface area is 195 Å². The first-order valence-corrected chi connectivity index (χ1v) is 11.7. The fourth-order valence-corrected chi connectivity index (χ4v) is 4.40. The quantitative estimate of drug-likeness (QED) is 0.413. The van der Waals surface area contributed by atoms with Crippen LogP contribution < -0.4 is 15.6 Å². The molecule has 0 fully saturated rings. The first kappa shape index (κ1) is 23.9. The molecular formula is C20H20ClN5O4S2. The molecule has 0 aliphatic carbocycles. The summed E-state index contributed by atoms with van der Waals surface area (Å²) in [6.07, 6.45) is 3.34. The Morgan fingerprint density at radius 1 is 1.25 bits per heavy atom. The molecule has 0 atom stereocenters. The highest BCUT2D eigenvalue weighted by Crippen LogP contribution is 2.20. The van der Waals surface area contributed by atoms with E-state index in [4.69, 9.17) is 11.6 Å². The summed E-state index contributed by atoms with van der Waals surface area (Å²) in [6.45, 7) is 1.43.